The van der Waals surface area contributed by atoms with Crippen LogP contribution in [0.2, 0.25) is 0 Å². The maximum absolute atomic E-state index is 12.7. The SMILES string of the molecule is CN(CCOc1ccccc1)c1cc(C(=O)NC2CC2)c2ccccc2n1. The molecule has 0 saturated heterocycles. The Balaban J connectivity index is 1.52. The molecule has 1 saturated carbocycles. The number of anilines is 1. The molecular weight excluding hydrogens is 338 g/mol. The summed E-state index contributed by atoms with van der Waals surface area (Å²) in [6.45, 7) is 1.21. The average molecular weight is 361 g/mol. The number of benzene rings is 2. The van der Waals surface area contributed by atoms with E-state index in [-0.39, 0.29) is 5.91 Å². The predicted molar refractivity (Wildman–Crippen MR) is 107 cm³/mol. The lowest BCUT2D eigenvalue weighted by atomic mass is 10.1. The van der Waals surface area contributed by atoms with Crippen molar-refractivity contribution in [2.45, 2.75) is 18.9 Å². The highest BCUT2D eigenvalue weighted by Crippen LogP contribution is 2.25. The number of likely N-dealkylation sites (N-methyl/N-ethyl adjacent to an activating group) is 1. The van der Waals surface area contributed by atoms with Gasteiger partial charge in [-0.1, -0.05) is 36.4 Å². The summed E-state index contributed by atoms with van der Waals surface area (Å²) >= 11 is 0. The molecule has 0 unspecified atom stereocenters. The molecule has 0 spiro atoms. The van der Waals surface area contributed by atoms with Gasteiger partial charge in [-0.05, 0) is 37.1 Å². The van der Waals surface area contributed by atoms with Gasteiger partial charge in [0.25, 0.3) is 5.91 Å². The van der Waals surface area contributed by atoms with Gasteiger partial charge in [0, 0.05) is 18.5 Å². The Morgan fingerprint density at radius 1 is 1.15 bits per heavy atom. The number of nitrogens with zero attached hydrogens (tertiary/aromatic N) is 2. The van der Waals surface area contributed by atoms with Gasteiger partial charge in [-0.15, -0.1) is 0 Å². The minimum absolute atomic E-state index is 0.0220. The van der Waals surface area contributed by atoms with Crippen LogP contribution in [-0.4, -0.2) is 37.1 Å². The van der Waals surface area contributed by atoms with Gasteiger partial charge in [0.15, 0.2) is 0 Å². The molecule has 0 radical (unpaired) electrons. The number of fused-ring (bicyclic) bond motifs is 1. The third-order valence-corrected chi connectivity index (χ3v) is 4.69. The molecule has 1 N–H and O–H groups in total. The molecule has 1 aliphatic carbocycles. The highest BCUT2D eigenvalue weighted by molar-refractivity contribution is 6.07. The van der Waals surface area contributed by atoms with Gasteiger partial charge in [-0.2, -0.15) is 0 Å². The summed E-state index contributed by atoms with van der Waals surface area (Å²) in [6.07, 6.45) is 2.14. The summed E-state index contributed by atoms with van der Waals surface area (Å²) in [5.74, 6) is 1.60. The van der Waals surface area contributed by atoms with Crippen molar-refractivity contribution in [2.75, 3.05) is 25.1 Å². The molecule has 1 fully saturated rings. The predicted octanol–water partition coefficient (Wildman–Crippen LogP) is 3.64. The van der Waals surface area contributed by atoms with E-state index in [4.69, 9.17) is 9.72 Å². The van der Waals surface area contributed by atoms with E-state index in [1.807, 2.05) is 72.6 Å². The van der Waals surface area contributed by atoms with Gasteiger partial charge in [0.1, 0.15) is 18.2 Å². The fourth-order valence-electron chi connectivity index (χ4n) is 2.97. The Hall–Kier alpha value is -3.08. The summed E-state index contributed by atoms with van der Waals surface area (Å²) in [7, 11) is 1.97. The molecular formula is C22H23N3O2. The van der Waals surface area contributed by atoms with E-state index in [1.54, 1.807) is 0 Å². The van der Waals surface area contributed by atoms with E-state index < -0.39 is 0 Å². The van der Waals surface area contributed by atoms with Gasteiger partial charge in [0.05, 0.1) is 17.6 Å². The topological polar surface area (TPSA) is 54.5 Å². The highest BCUT2D eigenvalue weighted by atomic mass is 16.5. The van der Waals surface area contributed by atoms with E-state index in [9.17, 15) is 4.79 Å². The summed E-state index contributed by atoms with van der Waals surface area (Å²) in [5, 5.41) is 3.97. The summed E-state index contributed by atoms with van der Waals surface area (Å²) < 4.78 is 5.78. The quantitative estimate of drug-likeness (QED) is 0.698. The Labute approximate surface area is 159 Å². The molecule has 1 aliphatic rings. The summed E-state index contributed by atoms with van der Waals surface area (Å²) in [5.41, 5.74) is 1.50. The van der Waals surface area contributed by atoms with Crippen LogP contribution >= 0.6 is 0 Å². The largest absolute Gasteiger partial charge is 0.492 e. The normalized spacial score (nSPS) is 13.4. The van der Waals surface area contributed by atoms with Crippen molar-refractivity contribution in [3.05, 3.63) is 66.2 Å². The standard InChI is InChI=1S/C22H23N3O2/c1-25(13-14-27-17-7-3-2-4-8-17)21-15-19(22(26)23-16-11-12-16)18-9-5-6-10-20(18)24-21/h2-10,15-16H,11-14H2,1H3,(H,23,26). The number of hydrogen-bond donors (Lipinski definition) is 1. The first-order valence-electron chi connectivity index (χ1n) is 9.30. The minimum atomic E-state index is -0.0220. The number of carbonyl (C=O) groups is 1. The van der Waals surface area contributed by atoms with Crippen molar-refractivity contribution >= 4 is 22.6 Å². The molecule has 0 bridgehead atoms. The van der Waals surface area contributed by atoms with Crippen LogP contribution in [-0.2, 0) is 0 Å². The van der Waals surface area contributed by atoms with E-state index in [2.05, 4.69) is 5.32 Å². The van der Waals surface area contributed by atoms with Crippen LogP contribution in [0.15, 0.2) is 60.7 Å². The number of ether oxygens (including phenoxy) is 1. The zero-order valence-corrected chi connectivity index (χ0v) is 15.4. The van der Waals surface area contributed by atoms with Crippen molar-refractivity contribution in [2.24, 2.45) is 0 Å². The van der Waals surface area contributed by atoms with Gasteiger partial charge in [-0.3, -0.25) is 4.79 Å². The Kier molecular flexibility index (Phi) is 4.92. The molecule has 1 heterocycles. The van der Waals surface area contributed by atoms with Crippen LogP contribution in [0, 0.1) is 0 Å². The molecule has 2 aromatic carbocycles. The highest BCUT2D eigenvalue weighted by Gasteiger charge is 2.25. The molecule has 5 heteroatoms. The van der Waals surface area contributed by atoms with Crippen molar-refractivity contribution < 1.29 is 9.53 Å². The zero-order chi connectivity index (χ0) is 18.6. The number of para-hydroxylation sites is 2. The summed E-state index contributed by atoms with van der Waals surface area (Å²) in [4.78, 5) is 19.4. The van der Waals surface area contributed by atoms with E-state index >= 15 is 0 Å². The van der Waals surface area contributed by atoms with Crippen molar-refractivity contribution in [3.8, 4) is 5.75 Å². The maximum Gasteiger partial charge on any atom is 0.252 e. The number of nitrogens with one attached hydrogen (secondary N) is 1. The molecule has 4 rings (SSSR count). The van der Waals surface area contributed by atoms with Crippen molar-refractivity contribution in [1.82, 2.24) is 10.3 Å². The van der Waals surface area contributed by atoms with Crippen molar-refractivity contribution in [3.63, 3.8) is 0 Å². The lowest BCUT2D eigenvalue weighted by molar-refractivity contribution is 0.0952. The monoisotopic (exact) mass is 361 g/mol. The van der Waals surface area contributed by atoms with Crippen LogP contribution in [0.1, 0.15) is 23.2 Å². The number of hydrogen-bond acceptors (Lipinski definition) is 4. The molecule has 27 heavy (non-hydrogen) atoms. The van der Waals surface area contributed by atoms with Gasteiger partial charge < -0.3 is 15.0 Å². The zero-order valence-electron chi connectivity index (χ0n) is 15.4. The average Bonchev–Trinajstić information content (AvgIpc) is 3.51. The second-order valence-corrected chi connectivity index (χ2v) is 6.88. The Bertz CT molecular complexity index is 939. The molecule has 5 nitrogen and oxygen atoms in total. The first kappa shape index (κ1) is 17.3. The molecule has 3 aromatic rings. The van der Waals surface area contributed by atoms with Crippen LogP contribution in [0.4, 0.5) is 5.82 Å². The second-order valence-electron chi connectivity index (χ2n) is 6.88. The number of pyridine rings is 1. The third kappa shape index (κ3) is 4.19. The lowest BCUT2D eigenvalue weighted by Gasteiger charge is -2.20. The van der Waals surface area contributed by atoms with E-state index in [0.29, 0.717) is 24.8 Å². The smallest absolute Gasteiger partial charge is 0.252 e. The van der Waals surface area contributed by atoms with Gasteiger partial charge in [-0.25, -0.2) is 4.98 Å². The number of rotatable bonds is 7. The Morgan fingerprint density at radius 3 is 2.67 bits per heavy atom. The van der Waals surface area contributed by atoms with Crippen LogP contribution in [0.3, 0.4) is 0 Å². The maximum atomic E-state index is 12.7. The third-order valence-electron chi connectivity index (χ3n) is 4.69. The second kappa shape index (κ2) is 7.66. The van der Waals surface area contributed by atoms with Crippen LogP contribution < -0.4 is 15.0 Å². The molecule has 138 valence electrons. The fraction of sp³-hybridized carbons (Fsp3) is 0.273. The minimum Gasteiger partial charge on any atom is -0.492 e. The van der Waals surface area contributed by atoms with E-state index in [1.165, 1.54) is 0 Å². The fourth-order valence-corrected chi connectivity index (χ4v) is 2.97. The van der Waals surface area contributed by atoms with Crippen molar-refractivity contribution in [1.29, 1.82) is 0 Å². The van der Waals surface area contributed by atoms with Gasteiger partial charge >= 0.3 is 0 Å². The van der Waals surface area contributed by atoms with Crippen LogP contribution in [0.25, 0.3) is 10.9 Å². The number of aromatic nitrogens is 1. The Morgan fingerprint density at radius 2 is 1.89 bits per heavy atom. The summed E-state index contributed by atoms with van der Waals surface area (Å²) in [6, 6.07) is 19.7. The molecule has 1 amide bonds. The first-order valence-corrected chi connectivity index (χ1v) is 9.30. The first-order chi connectivity index (χ1) is 13.2. The van der Waals surface area contributed by atoms with Crippen LogP contribution in [0.5, 0.6) is 5.75 Å². The molecule has 0 aliphatic heterocycles. The molecule has 0 atom stereocenters. The molecule has 1 aromatic heterocycles. The lowest BCUT2D eigenvalue weighted by Crippen LogP contribution is -2.28. The number of carbonyl (C=O) groups excluding carboxylic acids is 1. The number of amides is 1. The van der Waals surface area contributed by atoms with Gasteiger partial charge in [0.2, 0.25) is 0 Å². The van der Waals surface area contributed by atoms with E-state index in [0.717, 1.165) is 35.3 Å².